The second-order valence-corrected chi connectivity index (χ2v) is 6.44. The van der Waals surface area contributed by atoms with Crippen LogP contribution in [0.4, 0.5) is 13.2 Å². The number of halogens is 4. The first-order valence-corrected chi connectivity index (χ1v) is 7.78. The summed E-state index contributed by atoms with van der Waals surface area (Å²) >= 11 is 3.23. The number of hydrogen-bond acceptors (Lipinski definition) is 5. The highest BCUT2D eigenvalue weighted by molar-refractivity contribution is 9.10. The molecule has 0 spiro atoms. The van der Waals surface area contributed by atoms with Crippen LogP contribution >= 0.6 is 15.9 Å². The molecule has 0 aromatic carbocycles. The molecule has 12 heteroatoms. The van der Waals surface area contributed by atoms with Gasteiger partial charge in [0.2, 0.25) is 0 Å². The van der Waals surface area contributed by atoms with Crippen LogP contribution in [-0.2, 0) is 6.67 Å². The summed E-state index contributed by atoms with van der Waals surface area (Å²) in [6.45, 7) is 1.46. The van der Waals surface area contributed by atoms with Crippen LogP contribution in [0.2, 0.25) is 0 Å². The van der Waals surface area contributed by atoms with Crippen LogP contribution < -0.4 is 0 Å². The van der Waals surface area contributed by atoms with Crippen molar-refractivity contribution in [2.75, 3.05) is 0 Å². The zero-order chi connectivity index (χ0) is 18.4. The fourth-order valence-corrected chi connectivity index (χ4v) is 2.71. The zero-order valence-electron chi connectivity index (χ0n) is 12.8. The number of amides is 1. The summed E-state index contributed by atoms with van der Waals surface area (Å²) in [5, 5.41) is 21.5. The third-order valence-corrected chi connectivity index (χ3v) is 3.93. The van der Waals surface area contributed by atoms with Gasteiger partial charge >= 0.3 is 6.18 Å². The Morgan fingerprint density at radius 1 is 1.44 bits per heavy atom. The van der Waals surface area contributed by atoms with E-state index in [0.717, 1.165) is 4.47 Å². The maximum atomic E-state index is 13.2. The highest BCUT2D eigenvalue weighted by atomic mass is 79.9. The van der Waals surface area contributed by atoms with Gasteiger partial charge in [0.1, 0.15) is 6.67 Å². The Morgan fingerprint density at radius 2 is 2.16 bits per heavy atom. The van der Waals surface area contributed by atoms with E-state index in [4.69, 9.17) is 0 Å². The zero-order valence-corrected chi connectivity index (χ0v) is 14.4. The van der Waals surface area contributed by atoms with Gasteiger partial charge in [-0.15, -0.1) is 0 Å². The summed E-state index contributed by atoms with van der Waals surface area (Å²) < 4.78 is 43.1. The monoisotopic (exact) mass is 420 g/mol. The fourth-order valence-electron chi connectivity index (χ4n) is 2.38. The van der Waals surface area contributed by atoms with E-state index < -0.39 is 24.2 Å². The van der Waals surface area contributed by atoms with Crippen LogP contribution in [0.25, 0.3) is 0 Å². The van der Waals surface area contributed by atoms with Crippen LogP contribution in [-0.4, -0.2) is 53.2 Å². The molecule has 134 valence electrons. The van der Waals surface area contributed by atoms with Crippen molar-refractivity contribution in [2.45, 2.75) is 31.9 Å². The van der Waals surface area contributed by atoms with Gasteiger partial charge in [0.05, 0.1) is 10.7 Å². The fraction of sp³-hybridized carbons (Fsp3) is 0.385. The standard InChI is InChI=1S/C13H12BrF3N6O2/c1-8-4-12(25,13(15,16)17)23(19-8)11(24)10-2-3-21(20-10)7-22-6-9(14)5-18-22/h2-3,5-6,25H,4,7H2,1H3. The first-order chi connectivity index (χ1) is 11.6. The Labute approximate surface area is 147 Å². The minimum Gasteiger partial charge on any atom is -0.362 e. The lowest BCUT2D eigenvalue weighted by atomic mass is 10.1. The van der Waals surface area contributed by atoms with Crippen molar-refractivity contribution in [1.82, 2.24) is 24.6 Å². The van der Waals surface area contributed by atoms with Gasteiger partial charge in [0, 0.05) is 24.5 Å². The van der Waals surface area contributed by atoms with E-state index in [9.17, 15) is 23.1 Å². The van der Waals surface area contributed by atoms with Crippen molar-refractivity contribution in [1.29, 1.82) is 0 Å². The Bertz CT molecular complexity index is 845. The quantitative estimate of drug-likeness (QED) is 0.819. The predicted molar refractivity (Wildman–Crippen MR) is 82.5 cm³/mol. The number of carbonyl (C=O) groups excluding carboxylic acids is 1. The van der Waals surface area contributed by atoms with Crippen LogP contribution in [0.3, 0.4) is 0 Å². The lowest BCUT2D eigenvalue weighted by Crippen LogP contribution is -2.56. The number of hydrazone groups is 1. The van der Waals surface area contributed by atoms with Gasteiger partial charge in [0.25, 0.3) is 11.6 Å². The molecule has 3 heterocycles. The summed E-state index contributed by atoms with van der Waals surface area (Å²) in [5.74, 6) is -1.14. The van der Waals surface area contributed by atoms with Crippen molar-refractivity contribution < 1.29 is 23.1 Å². The third kappa shape index (κ3) is 3.18. The largest absolute Gasteiger partial charge is 0.438 e. The van der Waals surface area contributed by atoms with E-state index in [1.54, 1.807) is 12.4 Å². The minimum atomic E-state index is -5.05. The molecule has 1 unspecified atom stereocenters. The smallest absolute Gasteiger partial charge is 0.362 e. The topological polar surface area (TPSA) is 88.5 Å². The van der Waals surface area contributed by atoms with Gasteiger partial charge < -0.3 is 5.11 Å². The van der Waals surface area contributed by atoms with Crippen LogP contribution in [0.15, 0.2) is 34.2 Å². The second-order valence-electron chi connectivity index (χ2n) is 5.52. The molecular formula is C13H12BrF3N6O2. The highest BCUT2D eigenvalue weighted by Gasteiger charge is 2.63. The average molecular weight is 421 g/mol. The normalized spacial score (nSPS) is 20.9. The van der Waals surface area contributed by atoms with E-state index in [2.05, 4.69) is 31.2 Å². The van der Waals surface area contributed by atoms with Gasteiger partial charge in [-0.2, -0.15) is 33.5 Å². The molecule has 0 saturated heterocycles. The van der Waals surface area contributed by atoms with Crippen LogP contribution in [0.5, 0.6) is 0 Å². The SMILES string of the molecule is CC1=NN(C(=O)c2ccn(Cn3cc(Br)cn3)n2)C(O)(C(F)(F)F)C1. The molecule has 1 aliphatic heterocycles. The van der Waals surface area contributed by atoms with Gasteiger partial charge in [-0.1, -0.05) is 0 Å². The van der Waals surface area contributed by atoms with E-state index in [1.807, 2.05) is 0 Å². The van der Waals surface area contributed by atoms with Crippen molar-refractivity contribution in [3.05, 3.63) is 34.8 Å². The Kier molecular flexibility index (Phi) is 4.19. The number of nitrogens with zero attached hydrogens (tertiary/aromatic N) is 6. The molecule has 1 N–H and O–H groups in total. The molecule has 0 bridgehead atoms. The summed E-state index contributed by atoms with van der Waals surface area (Å²) in [5.41, 5.74) is -3.65. The van der Waals surface area contributed by atoms with Crippen LogP contribution in [0, 0.1) is 0 Å². The lowest BCUT2D eigenvalue weighted by Gasteiger charge is -2.32. The minimum absolute atomic E-state index is 0.00556. The van der Waals surface area contributed by atoms with Crippen molar-refractivity contribution in [3.63, 3.8) is 0 Å². The first kappa shape index (κ1) is 17.6. The summed E-state index contributed by atoms with van der Waals surface area (Å²) in [7, 11) is 0. The first-order valence-electron chi connectivity index (χ1n) is 6.99. The summed E-state index contributed by atoms with van der Waals surface area (Å²) in [6, 6.07) is 1.25. The molecule has 2 aromatic heterocycles. The highest BCUT2D eigenvalue weighted by Crippen LogP contribution is 2.40. The number of alkyl halides is 3. The molecule has 2 aromatic rings. The molecule has 0 fully saturated rings. The maximum absolute atomic E-state index is 13.2. The number of carbonyl (C=O) groups is 1. The Hall–Kier alpha value is -2.21. The van der Waals surface area contributed by atoms with Crippen molar-refractivity contribution >= 4 is 27.5 Å². The number of rotatable bonds is 3. The average Bonchev–Trinajstić information content (AvgIpc) is 3.19. The van der Waals surface area contributed by atoms with Gasteiger partial charge in [-0.05, 0) is 28.9 Å². The Balaban J connectivity index is 1.83. The lowest BCUT2D eigenvalue weighted by molar-refractivity contribution is -0.297. The van der Waals surface area contributed by atoms with E-state index in [0.29, 0.717) is 0 Å². The molecule has 0 aliphatic carbocycles. The number of aliphatic hydroxyl groups is 1. The van der Waals surface area contributed by atoms with Gasteiger partial charge in [0.15, 0.2) is 5.69 Å². The van der Waals surface area contributed by atoms with E-state index in [-0.39, 0.29) is 23.1 Å². The third-order valence-electron chi connectivity index (χ3n) is 3.52. The predicted octanol–water partition coefficient (Wildman–Crippen LogP) is 1.82. The summed E-state index contributed by atoms with van der Waals surface area (Å²) in [4.78, 5) is 12.4. The summed E-state index contributed by atoms with van der Waals surface area (Å²) in [6.07, 6.45) is -1.21. The maximum Gasteiger partial charge on any atom is 0.438 e. The van der Waals surface area contributed by atoms with Gasteiger partial charge in [-0.3, -0.25) is 9.48 Å². The molecule has 1 aliphatic rings. The van der Waals surface area contributed by atoms with Crippen LogP contribution in [0.1, 0.15) is 23.8 Å². The molecule has 8 nitrogen and oxygen atoms in total. The molecular weight excluding hydrogens is 409 g/mol. The number of hydrogen-bond donors (Lipinski definition) is 1. The van der Waals surface area contributed by atoms with Crippen molar-refractivity contribution in [2.24, 2.45) is 5.10 Å². The van der Waals surface area contributed by atoms with E-state index in [1.165, 1.54) is 28.6 Å². The van der Waals surface area contributed by atoms with E-state index >= 15 is 0 Å². The molecule has 1 atom stereocenters. The molecule has 0 saturated carbocycles. The van der Waals surface area contributed by atoms with Gasteiger partial charge in [-0.25, -0.2) is 4.68 Å². The molecule has 0 radical (unpaired) electrons. The Morgan fingerprint density at radius 3 is 2.76 bits per heavy atom. The molecule has 25 heavy (non-hydrogen) atoms. The molecule has 3 rings (SSSR count). The second kappa shape index (κ2) is 5.95. The molecule has 1 amide bonds. The number of aromatic nitrogens is 4. The van der Waals surface area contributed by atoms with Crippen molar-refractivity contribution in [3.8, 4) is 0 Å².